The Kier molecular flexibility index (Phi) is 26.0. The van der Waals surface area contributed by atoms with Crippen molar-refractivity contribution in [3.05, 3.63) is 18.0 Å². The van der Waals surface area contributed by atoms with Gasteiger partial charge in [-0.2, -0.15) is 5.10 Å². The van der Waals surface area contributed by atoms with E-state index in [4.69, 9.17) is 0 Å². The Morgan fingerprint density at radius 1 is 0.941 bits per heavy atom. The number of unbranched alkanes of at least 4 members (excludes halogenated alkanes) is 2. The van der Waals surface area contributed by atoms with Crippen LogP contribution in [0.1, 0.15) is 72.9 Å². The predicted octanol–water partition coefficient (Wildman–Crippen LogP) is 5.37. The highest BCUT2D eigenvalue weighted by atomic mass is 15.2. The van der Waals surface area contributed by atoms with Gasteiger partial charge in [-0.3, -0.25) is 4.68 Å². The Morgan fingerprint density at radius 3 is 1.35 bits per heavy atom. The number of hydrogen-bond acceptors (Lipinski definition) is 1. The second-order valence-electron chi connectivity index (χ2n) is 3.60. The fourth-order valence-corrected chi connectivity index (χ4v) is 0.440. The van der Waals surface area contributed by atoms with Gasteiger partial charge in [0.1, 0.15) is 0 Å². The molecule has 0 saturated heterocycles. The summed E-state index contributed by atoms with van der Waals surface area (Å²) in [5.74, 6) is 0. The van der Waals surface area contributed by atoms with Crippen LogP contribution >= 0.6 is 0 Å². The summed E-state index contributed by atoms with van der Waals surface area (Å²) in [6.07, 6.45) is 7.06. The highest BCUT2D eigenvalue weighted by Gasteiger charge is 1.83. The molecule has 1 aromatic rings. The summed E-state index contributed by atoms with van der Waals surface area (Å²) in [6.45, 7) is 14.7. The first-order valence-corrected chi connectivity index (χ1v) is 7.08. The van der Waals surface area contributed by atoms with Gasteiger partial charge in [-0.15, -0.1) is 0 Å². The molecule has 0 radical (unpaired) electrons. The molecule has 1 aromatic heterocycles. The summed E-state index contributed by atoms with van der Waals surface area (Å²) >= 11 is 0. The zero-order valence-electron chi connectivity index (χ0n) is 13.4. The molecule has 0 aliphatic heterocycles. The fraction of sp³-hybridized carbons (Fsp3) is 0.800. The molecule has 0 amide bonds. The Morgan fingerprint density at radius 2 is 1.29 bits per heavy atom. The molecule has 0 aliphatic rings. The van der Waals surface area contributed by atoms with Crippen molar-refractivity contribution in [2.75, 3.05) is 0 Å². The zero-order valence-corrected chi connectivity index (χ0v) is 13.4. The van der Waals surface area contributed by atoms with Gasteiger partial charge in [0.05, 0.1) is 0 Å². The fourth-order valence-electron chi connectivity index (χ4n) is 0.440. The number of aromatic nitrogens is 2. The monoisotopic (exact) mass is 242 g/mol. The van der Waals surface area contributed by atoms with E-state index in [9.17, 15) is 0 Å². The van der Waals surface area contributed by atoms with Gasteiger partial charge in [0, 0.05) is 18.9 Å². The highest BCUT2D eigenvalue weighted by molar-refractivity contribution is 4.94. The van der Waals surface area contributed by atoms with Crippen LogP contribution in [0.4, 0.5) is 0 Å². The van der Waals surface area contributed by atoms with Crippen molar-refractivity contribution in [2.45, 2.75) is 74.1 Å². The smallest absolute Gasteiger partial charge is 0.0492 e. The first-order valence-electron chi connectivity index (χ1n) is 7.08. The standard InChI is InChI=1S/C5H8N2.2C4H10.C2H6/c1-5-3-4-6-7(5)2;2*1-3-4-2;1-2/h3-4H,1-2H3;2*3-4H2,1-2H3;1-2H3. The van der Waals surface area contributed by atoms with Crippen LogP contribution in [0.15, 0.2) is 12.3 Å². The molecule has 104 valence electrons. The van der Waals surface area contributed by atoms with Crippen LogP contribution in [0.5, 0.6) is 0 Å². The molecule has 0 spiro atoms. The van der Waals surface area contributed by atoms with Crippen molar-refractivity contribution in [1.29, 1.82) is 0 Å². The minimum absolute atomic E-state index is 1.19. The van der Waals surface area contributed by atoms with Crippen molar-refractivity contribution >= 4 is 0 Å². The normalized spacial score (nSPS) is 7.76. The average Bonchev–Trinajstić information content (AvgIpc) is 2.77. The third-order valence-electron chi connectivity index (χ3n) is 2.07. The molecule has 1 rings (SSSR count). The lowest BCUT2D eigenvalue weighted by Gasteiger charge is -1.87. The molecular formula is C15H34N2. The molecule has 0 fully saturated rings. The maximum Gasteiger partial charge on any atom is 0.0492 e. The van der Waals surface area contributed by atoms with Crippen molar-refractivity contribution in [2.24, 2.45) is 7.05 Å². The number of aryl methyl sites for hydroxylation is 2. The SMILES string of the molecule is CC.CCCC.CCCC.Cc1ccnn1C. The summed E-state index contributed by atoms with van der Waals surface area (Å²) < 4.78 is 1.83. The quantitative estimate of drug-likeness (QED) is 0.682. The van der Waals surface area contributed by atoms with Gasteiger partial charge in [0.2, 0.25) is 0 Å². The van der Waals surface area contributed by atoms with E-state index in [1.54, 1.807) is 6.20 Å². The summed E-state index contributed by atoms with van der Waals surface area (Å²) in [4.78, 5) is 0. The van der Waals surface area contributed by atoms with Gasteiger partial charge in [0.25, 0.3) is 0 Å². The molecule has 0 saturated carbocycles. The summed E-state index contributed by atoms with van der Waals surface area (Å²) in [7, 11) is 1.93. The Labute approximate surface area is 109 Å². The maximum absolute atomic E-state index is 3.93. The van der Waals surface area contributed by atoms with Gasteiger partial charge in [-0.1, -0.05) is 67.2 Å². The molecule has 0 unspecified atom stereocenters. The molecule has 0 aliphatic carbocycles. The lowest BCUT2D eigenvalue weighted by Crippen LogP contribution is -1.90. The summed E-state index contributed by atoms with van der Waals surface area (Å²) in [6, 6.07) is 1.97. The predicted molar refractivity (Wildman–Crippen MR) is 80.5 cm³/mol. The number of rotatable bonds is 2. The van der Waals surface area contributed by atoms with Crippen LogP contribution in [0, 0.1) is 6.92 Å². The molecule has 0 bridgehead atoms. The van der Waals surface area contributed by atoms with Crippen molar-refractivity contribution < 1.29 is 0 Å². The maximum atomic E-state index is 3.93. The second-order valence-corrected chi connectivity index (χ2v) is 3.60. The number of nitrogens with zero attached hydrogens (tertiary/aromatic N) is 2. The van der Waals surface area contributed by atoms with E-state index in [1.807, 2.05) is 38.6 Å². The Hall–Kier alpha value is -0.790. The Balaban J connectivity index is -0.000000172. The molecule has 0 aromatic carbocycles. The zero-order chi connectivity index (χ0) is 14.1. The van der Waals surface area contributed by atoms with E-state index in [0.717, 1.165) is 0 Å². The molecule has 0 N–H and O–H groups in total. The van der Waals surface area contributed by atoms with Gasteiger partial charge >= 0.3 is 0 Å². The van der Waals surface area contributed by atoms with E-state index < -0.39 is 0 Å². The van der Waals surface area contributed by atoms with Gasteiger partial charge in [0.15, 0.2) is 0 Å². The van der Waals surface area contributed by atoms with E-state index >= 15 is 0 Å². The van der Waals surface area contributed by atoms with Crippen molar-refractivity contribution in [3.8, 4) is 0 Å². The van der Waals surface area contributed by atoms with Gasteiger partial charge < -0.3 is 0 Å². The van der Waals surface area contributed by atoms with Crippen LogP contribution in [0.25, 0.3) is 0 Å². The molecule has 2 nitrogen and oxygen atoms in total. The largest absolute Gasteiger partial charge is 0.273 e. The summed E-state index contributed by atoms with van der Waals surface area (Å²) in [5, 5.41) is 3.93. The highest BCUT2D eigenvalue weighted by Crippen LogP contribution is 1.88. The average molecular weight is 242 g/mol. The third-order valence-corrected chi connectivity index (χ3v) is 2.07. The first-order chi connectivity index (χ1) is 8.13. The van der Waals surface area contributed by atoms with E-state index in [1.165, 1.54) is 31.4 Å². The van der Waals surface area contributed by atoms with Gasteiger partial charge in [-0.25, -0.2) is 0 Å². The molecule has 1 heterocycles. The van der Waals surface area contributed by atoms with Gasteiger partial charge in [-0.05, 0) is 13.0 Å². The van der Waals surface area contributed by atoms with Crippen molar-refractivity contribution in [1.82, 2.24) is 9.78 Å². The Bertz CT molecular complexity index is 180. The minimum atomic E-state index is 1.19. The molecule has 0 atom stereocenters. The minimum Gasteiger partial charge on any atom is -0.273 e. The van der Waals surface area contributed by atoms with Crippen LogP contribution in [0.2, 0.25) is 0 Å². The van der Waals surface area contributed by atoms with E-state index in [2.05, 4.69) is 32.8 Å². The molecule has 2 heteroatoms. The number of hydrogen-bond donors (Lipinski definition) is 0. The van der Waals surface area contributed by atoms with Crippen LogP contribution < -0.4 is 0 Å². The van der Waals surface area contributed by atoms with E-state index in [-0.39, 0.29) is 0 Å². The van der Waals surface area contributed by atoms with Crippen LogP contribution in [-0.4, -0.2) is 9.78 Å². The lowest BCUT2D eigenvalue weighted by atomic mass is 10.4. The topological polar surface area (TPSA) is 17.8 Å². The first kappa shape index (κ1) is 21.5. The van der Waals surface area contributed by atoms with Crippen LogP contribution in [0.3, 0.4) is 0 Å². The third kappa shape index (κ3) is 21.1. The van der Waals surface area contributed by atoms with Crippen LogP contribution in [-0.2, 0) is 7.05 Å². The van der Waals surface area contributed by atoms with Crippen molar-refractivity contribution in [3.63, 3.8) is 0 Å². The molecule has 17 heavy (non-hydrogen) atoms. The van der Waals surface area contributed by atoms with E-state index in [0.29, 0.717) is 0 Å². The lowest BCUT2D eigenvalue weighted by molar-refractivity contribution is 0.740. The summed E-state index contributed by atoms with van der Waals surface area (Å²) in [5.41, 5.74) is 1.19. The second kappa shape index (κ2) is 20.6. The molecular weight excluding hydrogens is 208 g/mol.